The van der Waals surface area contributed by atoms with Crippen molar-refractivity contribution >= 4 is 11.8 Å². The van der Waals surface area contributed by atoms with Crippen LogP contribution >= 0.6 is 11.8 Å². The monoisotopic (exact) mass is 210 g/mol. The van der Waals surface area contributed by atoms with E-state index in [1.807, 2.05) is 11.8 Å². The van der Waals surface area contributed by atoms with Gasteiger partial charge in [-0.05, 0) is 12.7 Å². The Balaban J connectivity index is 2.56. The first-order valence-corrected chi connectivity index (χ1v) is 6.10. The van der Waals surface area contributed by atoms with Gasteiger partial charge in [-0.25, -0.2) is 9.13 Å². The van der Waals surface area contributed by atoms with Gasteiger partial charge in [-0.1, -0.05) is 0 Å². The highest BCUT2D eigenvalue weighted by atomic mass is 32.2. The quantitative estimate of drug-likeness (QED) is 0.547. The predicted octanol–water partition coefficient (Wildman–Crippen LogP) is 1.71. The van der Waals surface area contributed by atoms with E-state index >= 15 is 0 Å². The third kappa shape index (κ3) is 2.78. The third-order valence-corrected chi connectivity index (χ3v) is 2.75. The molecule has 3 nitrogen and oxygen atoms in total. The molecule has 0 bridgehead atoms. The standard InChI is InChI=1S/C10H16N3S/c1-10-12(6-4-3-5-11)7-8-13(10)9-14-2/h7-8H,3-4,6,9H2,1-2H3/q+1. The van der Waals surface area contributed by atoms with Gasteiger partial charge in [0.25, 0.3) is 5.82 Å². The molecule has 1 aromatic rings. The summed E-state index contributed by atoms with van der Waals surface area (Å²) in [7, 11) is 0. The highest BCUT2D eigenvalue weighted by Gasteiger charge is 2.10. The van der Waals surface area contributed by atoms with E-state index in [1.165, 1.54) is 5.82 Å². The Bertz CT molecular complexity index is 325. The normalized spacial score (nSPS) is 10.1. The first-order chi connectivity index (χ1) is 6.79. The maximum atomic E-state index is 8.44. The van der Waals surface area contributed by atoms with Gasteiger partial charge in [-0.3, -0.25) is 0 Å². The van der Waals surface area contributed by atoms with Crippen molar-refractivity contribution < 1.29 is 4.57 Å². The van der Waals surface area contributed by atoms with Crippen molar-refractivity contribution in [2.45, 2.75) is 32.2 Å². The van der Waals surface area contributed by atoms with Crippen molar-refractivity contribution in [1.82, 2.24) is 4.57 Å². The van der Waals surface area contributed by atoms with Crippen LogP contribution < -0.4 is 4.57 Å². The highest BCUT2D eigenvalue weighted by Crippen LogP contribution is 2.00. The molecule has 0 N–H and O–H groups in total. The van der Waals surface area contributed by atoms with Crippen LogP contribution in [0.15, 0.2) is 12.4 Å². The summed E-state index contributed by atoms with van der Waals surface area (Å²) in [6.45, 7) is 3.06. The lowest BCUT2D eigenvalue weighted by Gasteiger charge is -1.98. The van der Waals surface area contributed by atoms with Gasteiger partial charge < -0.3 is 0 Å². The van der Waals surface area contributed by atoms with Crippen molar-refractivity contribution in [3.8, 4) is 6.07 Å². The molecule has 0 unspecified atom stereocenters. The summed E-state index contributed by atoms with van der Waals surface area (Å²) in [5.74, 6) is 2.26. The summed E-state index contributed by atoms with van der Waals surface area (Å²) in [6, 6.07) is 2.17. The van der Waals surface area contributed by atoms with E-state index in [9.17, 15) is 0 Å². The Morgan fingerprint density at radius 1 is 1.64 bits per heavy atom. The van der Waals surface area contributed by atoms with Crippen molar-refractivity contribution in [3.05, 3.63) is 18.2 Å². The van der Waals surface area contributed by atoms with E-state index in [2.05, 4.69) is 40.8 Å². The molecule has 76 valence electrons. The van der Waals surface area contributed by atoms with E-state index < -0.39 is 0 Å². The number of imidazole rings is 1. The van der Waals surface area contributed by atoms with Gasteiger partial charge >= 0.3 is 0 Å². The molecule has 0 aliphatic heterocycles. The number of nitriles is 1. The molecule has 0 amide bonds. The van der Waals surface area contributed by atoms with Crippen molar-refractivity contribution in [2.24, 2.45) is 0 Å². The Labute approximate surface area is 89.4 Å². The molecule has 0 spiro atoms. The van der Waals surface area contributed by atoms with Crippen LogP contribution in [0.1, 0.15) is 18.7 Å². The SMILES string of the molecule is CSC[n+]1ccn(CCCC#N)c1C. The lowest BCUT2D eigenvalue weighted by atomic mass is 10.3. The van der Waals surface area contributed by atoms with Gasteiger partial charge in [-0.2, -0.15) is 5.26 Å². The first-order valence-electron chi connectivity index (χ1n) is 4.70. The van der Waals surface area contributed by atoms with Gasteiger partial charge in [0, 0.05) is 13.3 Å². The van der Waals surface area contributed by atoms with E-state index in [-0.39, 0.29) is 0 Å². The molecule has 1 aromatic heterocycles. The zero-order chi connectivity index (χ0) is 10.4. The Kier molecular flexibility index (Phi) is 4.54. The number of rotatable bonds is 5. The summed E-state index contributed by atoms with van der Waals surface area (Å²) in [5.41, 5.74) is 0. The lowest BCUT2D eigenvalue weighted by molar-refractivity contribution is -0.681. The number of aryl methyl sites for hydroxylation is 1. The number of unbranched alkanes of at least 4 members (excludes halogenated alkanes) is 1. The fourth-order valence-electron chi connectivity index (χ4n) is 1.38. The summed E-state index contributed by atoms with van der Waals surface area (Å²) in [4.78, 5) is 0. The van der Waals surface area contributed by atoms with Gasteiger partial charge in [0.1, 0.15) is 18.3 Å². The fraction of sp³-hybridized carbons (Fsp3) is 0.600. The molecule has 1 rings (SSSR count). The van der Waals surface area contributed by atoms with Crippen LogP contribution in [0.2, 0.25) is 0 Å². The van der Waals surface area contributed by atoms with Gasteiger partial charge in [-0.15, -0.1) is 11.8 Å². The van der Waals surface area contributed by atoms with Crippen LogP contribution in [-0.4, -0.2) is 10.8 Å². The minimum Gasteiger partial charge on any atom is -0.234 e. The predicted molar refractivity (Wildman–Crippen MR) is 57.7 cm³/mol. The first kappa shape index (κ1) is 11.1. The average molecular weight is 210 g/mol. The third-order valence-electron chi connectivity index (χ3n) is 2.21. The minimum absolute atomic E-state index is 0.639. The molecule has 4 heteroatoms. The Hall–Kier alpha value is -0.950. The van der Waals surface area contributed by atoms with Gasteiger partial charge in [0.2, 0.25) is 0 Å². The van der Waals surface area contributed by atoms with Gasteiger partial charge in [0.05, 0.1) is 12.6 Å². The van der Waals surface area contributed by atoms with E-state index in [0.29, 0.717) is 6.42 Å². The van der Waals surface area contributed by atoms with Crippen LogP contribution in [0.3, 0.4) is 0 Å². The topological polar surface area (TPSA) is 32.6 Å². The average Bonchev–Trinajstić information content (AvgIpc) is 2.51. The molecule has 0 fully saturated rings. The Morgan fingerprint density at radius 3 is 3.07 bits per heavy atom. The molecular formula is C10H16N3S+. The van der Waals surface area contributed by atoms with Crippen LogP contribution in [0.25, 0.3) is 0 Å². The molecule has 0 aliphatic carbocycles. The van der Waals surface area contributed by atoms with E-state index in [1.54, 1.807) is 0 Å². The van der Waals surface area contributed by atoms with Crippen LogP contribution in [0, 0.1) is 18.3 Å². The summed E-state index contributed by atoms with van der Waals surface area (Å²) >= 11 is 1.81. The number of nitrogens with zero attached hydrogens (tertiary/aromatic N) is 3. The Morgan fingerprint density at radius 2 is 2.43 bits per heavy atom. The number of hydrogen-bond donors (Lipinski definition) is 0. The van der Waals surface area contributed by atoms with Gasteiger partial charge in [0.15, 0.2) is 0 Å². The zero-order valence-electron chi connectivity index (χ0n) is 8.73. The molecular weight excluding hydrogens is 194 g/mol. The molecule has 0 atom stereocenters. The molecule has 0 aliphatic rings. The summed E-state index contributed by atoms with van der Waals surface area (Å²) in [6.07, 6.45) is 7.85. The molecule has 0 aromatic carbocycles. The molecule has 0 radical (unpaired) electrons. The molecule has 0 saturated heterocycles. The van der Waals surface area contributed by atoms with E-state index in [4.69, 9.17) is 5.26 Å². The summed E-state index contributed by atoms with van der Waals surface area (Å²) < 4.78 is 4.42. The van der Waals surface area contributed by atoms with Crippen molar-refractivity contribution in [2.75, 3.05) is 6.26 Å². The lowest BCUT2D eigenvalue weighted by Crippen LogP contribution is -2.33. The fourth-order valence-corrected chi connectivity index (χ4v) is 1.93. The molecule has 1 heterocycles. The van der Waals surface area contributed by atoms with E-state index in [0.717, 1.165) is 18.8 Å². The van der Waals surface area contributed by atoms with Crippen LogP contribution in [0.5, 0.6) is 0 Å². The number of thioether (sulfide) groups is 1. The van der Waals surface area contributed by atoms with Crippen molar-refractivity contribution in [3.63, 3.8) is 0 Å². The van der Waals surface area contributed by atoms with Crippen LogP contribution in [-0.2, 0) is 12.4 Å². The molecule has 14 heavy (non-hydrogen) atoms. The largest absolute Gasteiger partial charge is 0.253 e. The maximum Gasteiger partial charge on any atom is 0.253 e. The van der Waals surface area contributed by atoms with Crippen molar-refractivity contribution in [1.29, 1.82) is 5.26 Å². The zero-order valence-corrected chi connectivity index (χ0v) is 9.55. The number of hydrogen-bond acceptors (Lipinski definition) is 2. The molecule has 0 saturated carbocycles. The number of aromatic nitrogens is 2. The van der Waals surface area contributed by atoms with Crippen LogP contribution in [0.4, 0.5) is 0 Å². The second-order valence-electron chi connectivity index (χ2n) is 3.19. The minimum atomic E-state index is 0.639. The maximum absolute atomic E-state index is 8.44. The smallest absolute Gasteiger partial charge is 0.234 e. The summed E-state index contributed by atoms with van der Waals surface area (Å²) in [5, 5.41) is 8.44. The second-order valence-corrected chi connectivity index (χ2v) is 4.02. The second kappa shape index (κ2) is 5.71. The highest BCUT2D eigenvalue weighted by molar-refractivity contribution is 7.97.